The molecule has 0 aliphatic carbocycles. The molecule has 0 spiro atoms. The minimum absolute atomic E-state index is 0.0129. The van der Waals surface area contributed by atoms with Crippen molar-refractivity contribution >= 4 is 47.8 Å². The SMILES string of the molecule is C=CC(=O)OCCCCC(=O)O[C@H]1[C@H](OC(=O)CCCCOC(=O)C=C)COC(OC(=O)CCCCOC(=O)C(=C)C)[C@@H]1OC(=O)CCCCOC(=O)C=C. The molecule has 1 fully saturated rings. The molecular weight excluding hydrogens is 728 g/mol. The molecule has 0 radical (unpaired) electrons. The highest BCUT2D eigenvalue weighted by atomic mass is 16.7. The van der Waals surface area contributed by atoms with Crippen molar-refractivity contribution in [3.63, 3.8) is 0 Å². The Morgan fingerprint density at radius 1 is 0.527 bits per heavy atom. The molecule has 0 aromatic heterocycles. The normalized spacial score (nSPS) is 17.3. The number of ether oxygens (including phenoxy) is 9. The molecule has 0 aromatic carbocycles. The lowest BCUT2D eigenvalue weighted by molar-refractivity contribution is -0.275. The van der Waals surface area contributed by atoms with Gasteiger partial charge in [-0.3, -0.25) is 19.2 Å². The van der Waals surface area contributed by atoms with Gasteiger partial charge in [-0.2, -0.15) is 0 Å². The van der Waals surface area contributed by atoms with Crippen LogP contribution in [-0.2, 0) is 81.0 Å². The summed E-state index contributed by atoms with van der Waals surface area (Å²) in [7, 11) is 0. The van der Waals surface area contributed by atoms with Crippen LogP contribution in [-0.4, -0.2) is 105 Å². The zero-order valence-corrected chi connectivity index (χ0v) is 31.3. The lowest BCUT2D eigenvalue weighted by Gasteiger charge is -2.40. The Morgan fingerprint density at radius 2 is 0.891 bits per heavy atom. The Morgan fingerprint density at radius 3 is 1.29 bits per heavy atom. The first-order chi connectivity index (χ1) is 26.3. The standard InChI is InChI=1S/C38H52O17/c1-6-28(39)47-21-13-9-17-31(42)52-27-25-51-38(55-34(45)20-12-16-24-50-37(46)26(4)5)36(54-33(44)19-11-15-23-49-30(41)8-3)35(27)53-32(43)18-10-14-22-48-29(40)7-2/h6-8,27,35-36,38H,1-4,9-25H2,5H3/t27-,35+,36-,38?/m1/s1. The first kappa shape index (κ1) is 47.7. The van der Waals surface area contributed by atoms with E-state index in [9.17, 15) is 38.4 Å². The van der Waals surface area contributed by atoms with Crippen molar-refractivity contribution < 1.29 is 81.0 Å². The number of unbranched alkanes of at least 4 members (excludes halogenated alkanes) is 4. The van der Waals surface area contributed by atoms with Gasteiger partial charge in [0.05, 0.1) is 33.0 Å². The zero-order valence-electron chi connectivity index (χ0n) is 31.3. The second-order valence-corrected chi connectivity index (χ2v) is 12.0. The van der Waals surface area contributed by atoms with Crippen LogP contribution >= 0.6 is 0 Å². The number of rotatable bonds is 28. The van der Waals surface area contributed by atoms with Gasteiger partial charge in [-0.15, -0.1) is 0 Å². The lowest BCUT2D eigenvalue weighted by Crippen LogP contribution is -2.58. The van der Waals surface area contributed by atoms with Gasteiger partial charge >= 0.3 is 47.8 Å². The summed E-state index contributed by atoms with van der Waals surface area (Å²) in [6.45, 7) is 14.6. The highest BCUT2D eigenvalue weighted by Gasteiger charge is 2.49. The smallest absolute Gasteiger partial charge is 0.333 e. The van der Waals surface area contributed by atoms with Crippen LogP contribution in [0.15, 0.2) is 50.1 Å². The van der Waals surface area contributed by atoms with Crippen LogP contribution in [0.2, 0.25) is 0 Å². The maximum absolute atomic E-state index is 13.1. The third-order valence-electron chi connectivity index (χ3n) is 7.36. The fourth-order valence-corrected chi connectivity index (χ4v) is 4.52. The fourth-order valence-electron chi connectivity index (χ4n) is 4.52. The highest BCUT2D eigenvalue weighted by molar-refractivity contribution is 5.87. The van der Waals surface area contributed by atoms with Crippen LogP contribution in [0.5, 0.6) is 0 Å². The van der Waals surface area contributed by atoms with Gasteiger partial charge in [0.2, 0.25) is 12.4 Å². The number of esters is 8. The largest absolute Gasteiger partial charge is 0.463 e. The number of carbonyl (C=O) groups excluding carboxylic acids is 8. The first-order valence-corrected chi connectivity index (χ1v) is 17.9. The van der Waals surface area contributed by atoms with Crippen molar-refractivity contribution in [1.82, 2.24) is 0 Å². The number of hydrogen-bond acceptors (Lipinski definition) is 17. The van der Waals surface area contributed by atoms with Crippen LogP contribution in [0.25, 0.3) is 0 Å². The van der Waals surface area contributed by atoms with Gasteiger partial charge < -0.3 is 42.6 Å². The van der Waals surface area contributed by atoms with Gasteiger partial charge in [0.1, 0.15) is 0 Å². The van der Waals surface area contributed by atoms with Gasteiger partial charge in [-0.05, 0) is 58.3 Å². The zero-order chi connectivity index (χ0) is 41.0. The topological polar surface area (TPSA) is 220 Å². The molecule has 1 rings (SSSR count). The second-order valence-electron chi connectivity index (χ2n) is 12.0. The Balaban J connectivity index is 3.12. The second kappa shape index (κ2) is 28.2. The van der Waals surface area contributed by atoms with E-state index >= 15 is 0 Å². The molecule has 0 aromatic rings. The molecular formula is C38H52O17. The molecule has 1 unspecified atom stereocenters. The summed E-state index contributed by atoms with van der Waals surface area (Å²) in [5, 5.41) is 0. The molecule has 0 N–H and O–H groups in total. The predicted octanol–water partition coefficient (Wildman–Crippen LogP) is 3.61. The van der Waals surface area contributed by atoms with E-state index in [0.29, 0.717) is 25.7 Å². The molecule has 0 saturated carbocycles. The van der Waals surface area contributed by atoms with Crippen molar-refractivity contribution in [2.24, 2.45) is 0 Å². The van der Waals surface area contributed by atoms with Gasteiger partial charge in [0, 0.05) is 49.5 Å². The quantitative estimate of drug-likeness (QED) is 0.0479. The van der Waals surface area contributed by atoms with Crippen molar-refractivity contribution in [2.75, 3.05) is 33.0 Å². The molecule has 4 atom stereocenters. The maximum Gasteiger partial charge on any atom is 0.333 e. The number of hydrogen-bond donors (Lipinski definition) is 0. The summed E-state index contributed by atoms with van der Waals surface area (Å²) in [4.78, 5) is 97.4. The van der Waals surface area contributed by atoms with Crippen molar-refractivity contribution in [3.8, 4) is 0 Å². The monoisotopic (exact) mass is 780 g/mol. The first-order valence-electron chi connectivity index (χ1n) is 17.9. The summed E-state index contributed by atoms with van der Waals surface area (Å²) in [5.41, 5.74) is 0.227. The highest BCUT2D eigenvalue weighted by Crippen LogP contribution is 2.27. The van der Waals surface area contributed by atoms with E-state index in [0.717, 1.165) is 18.2 Å². The van der Waals surface area contributed by atoms with Crippen molar-refractivity contribution in [3.05, 3.63) is 50.1 Å². The van der Waals surface area contributed by atoms with E-state index in [4.69, 9.17) is 42.6 Å². The summed E-state index contributed by atoms with van der Waals surface area (Å²) in [6, 6.07) is 0. The lowest BCUT2D eigenvalue weighted by atomic mass is 10.0. The Kier molecular flexibility index (Phi) is 24.4. The molecule has 1 aliphatic heterocycles. The predicted molar refractivity (Wildman–Crippen MR) is 190 cm³/mol. The Hall–Kier alpha value is -5.32. The van der Waals surface area contributed by atoms with Crippen molar-refractivity contribution in [2.45, 2.75) is 109 Å². The Labute approximate surface area is 320 Å². The molecule has 0 amide bonds. The summed E-state index contributed by atoms with van der Waals surface area (Å²) in [5.74, 6) is -5.52. The minimum Gasteiger partial charge on any atom is -0.463 e. The molecule has 0 bridgehead atoms. The fraction of sp³-hybridized carbons (Fsp3) is 0.579. The van der Waals surface area contributed by atoms with Crippen LogP contribution in [0.4, 0.5) is 0 Å². The molecule has 1 aliphatic rings. The van der Waals surface area contributed by atoms with E-state index in [-0.39, 0.29) is 83.4 Å². The van der Waals surface area contributed by atoms with E-state index < -0.39 is 79.0 Å². The maximum atomic E-state index is 13.1. The molecule has 1 heterocycles. The summed E-state index contributed by atoms with van der Waals surface area (Å²) >= 11 is 0. The van der Waals surface area contributed by atoms with Gasteiger partial charge in [0.25, 0.3) is 0 Å². The summed E-state index contributed by atoms with van der Waals surface area (Å²) < 4.78 is 48.0. The molecule has 306 valence electrons. The van der Waals surface area contributed by atoms with Gasteiger partial charge in [-0.25, -0.2) is 19.2 Å². The summed E-state index contributed by atoms with van der Waals surface area (Å²) in [6.07, 6.45) is -1.35. The van der Waals surface area contributed by atoms with E-state index in [1.165, 1.54) is 6.92 Å². The van der Waals surface area contributed by atoms with Crippen LogP contribution in [0.3, 0.4) is 0 Å². The Bertz CT molecular complexity index is 1350. The van der Waals surface area contributed by atoms with Crippen molar-refractivity contribution in [1.29, 1.82) is 0 Å². The molecule has 17 nitrogen and oxygen atoms in total. The average molecular weight is 781 g/mol. The van der Waals surface area contributed by atoms with Gasteiger partial charge in [-0.1, -0.05) is 26.3 Å². The van der Waals surface area contributed by atoms with E-state index in [2.05, 4.69) is 26.3 Å². The van der Waals surface area contributed by atoms with E-state index in [1.807, 2.05) is 0 Å². The molecule has 1 saturated heterocycles. The molecule has 55 heavy (non-hydrogen) atoms. The average Bonchev–Trinajstić information content (AvgIpc) is 3.15. The molecule has 17 heteroatoms. The van der Waals surface area contributed by atoms with Crippen LogP contribution < -0.4 is 0 Å². The third-order valence-corrected chi connectivity index (χ3v) is 7.36. The van der Waals surface area contributed by atoms with Gasteiger partial charge in [0.15, 0.2) is 12.2 Å². The van der Waals surface area contributed by atoms with Crippen LogP contribution in [0, 0.1) is 0 Å². The number of carbonyl (C=O) groups is 8. The minimum atomic E-state index is -1.59. The third kappa shape index (κ3) is 21.8. The van der Waals surface area contributed by atoms with Crippen LogP contribution in [0.1, 0.15) is 84.0 Å². The van der Waals surface area contributed by atoms with E-state index in [1.54, 1.807) is 0 Å².